The summed E-state index contributed by atoms with van der Waals surface area (Å²) in [6.07, 6.45) is 3.17. The first-order valence-electron chi connectivity index (χ1n) is 10.9. The number of amides is 2. The lowest BCUT2D eigenvalue weighted by molar-refractivity contribution is 0.0950. The zero-order valence-electron chi connectivity index (χ0n) is 18.8. The van der Waals surface area contributed by atoms with E-state index in [2.05, 4.69) is 41.3 Å². The Hall–Kier alpha value is -3.51. The first-order valence-corrected chi connectivity index (χ1v) is 10.9. The molecular weight excluding hydrogens is 400 g/mol. The highest BCUT2D eigenvalue weighted by Gasteiger charge is 2.10. The van der Waals surface area contributed by atoms with Gasteiger partial charge in [0, 0.05) is 48.3 Å². The fourth-order valence-corrected chi connectivity index (χ4v) is 3.35. The van der Waals surface area contributed by atoms with E-state index in [1.54, 1.807) is 24.5 Å². The van der Waals surface area contributed by atoms with Crippen LogP contribution in [0.5, 0.6) is 0 Å². The summed E-state index contributed by atoms with van der Waals surface area (Å²) in [7, 11) is 0. The summed E-state index contributed by atoms with van der Waals surface area (Å²) in [5, 5.41) is 5.80. The van der Waals surface area contributed by atoms with E-state index in [1.807, 2.05) is 48.5 Å². The van der Waals surface area contributed by atoms with Crippen molar-refractivity contribution >= 4 is 17.5 Å². The number of hydrogen-bond donors (Lipinski definition) is 2. The number of carbonyl (C=O) groups is 2. The normalized spacial score (nSPS) is 10.9. The van der Waals surface area contributed by atoms with Crippen LogP contribution < -0.4 is 10.6 Å². The largest absolute Gasteiger partial charge is 0.348 e. The van der Waals surface area contributed by atoms with E-state index in [9.17, 15) is 9.59 Å². The van der Waals surface area contributed by atoms with Crippen molar-refractivity contribution in [2.75, 3.05) is 11.9 Å². The summed E-state index contributed by atoms with van der Waals surface area (Å²) in [6, 6.07) is 19.0. The molecule has 6 nitrogen and oxygen atoms in total. The fraction of sp³-hybridized carbons (Fsp3) is 0.269. The molecule has 32 heavy (non-hydrogen) atoms. The summed E-state index contributed by atoms with van der Waals surface area (Å²) in [5.41, 5.74) is 4.03. The molecule has 1 heterocycles. The third kappa shape index (κ3) is 6.49. The lowest BCUT2D eigenvalue weighted by Crippen LogP contribution is -2.30. The number of carbonyl (C=O) groups excluding carboxylic acids is 2. The summed E-state index contributed by atoms with van der Waals surface area (Å²) in [4.78, 5) is 31.0. The Morgan fingerprint density at radius 2 is 1.44 bits per heavy atom. The van der Waals surface area contributed by atoms with Crippen molar-refractivity contribution in [2.24, 2.45) is 0 Å². The first-order chi connectivity index (χ1) is 15.5. The van der Waals surface area contributed by atoms with Gasteiger partial charge in [0.05, 0.1) is 0 Å². The van der Waals surface area contributed by atoms with E-state index in [0.717, 1.165) is 18.7 Å². The van der Waals surface area contributed by atoms with E-state index >= 15 is 0 Å². The molecule has 0 fully saturated rings. The van der Waals surface area contributed by atoms with Gasteiger partial charge in [0.1, 0.15) is 0 Å². The highest BCUT2D eigenvalue weighted by atomic mass is 16.2. The Labute approximate surface area is 189 Å². The smallest absolute Gasteiger partial charge is 0.255 e. The van der Waals surface area contributed by atoms with E-state index in [4.69, 9.17) is 0 Å². The molecule has 0 aliphatic heterocycles. The standard InChI is InChI=1S/C26H30N4O2/c1-4-30(19(2)3)18-21-5-9-22(10-6-21)25(31)28-17-20-7-11-24(12-8-20)29-26(32)23-13-15-27-16-14-23/h5-16,19H,4,17-18H2,1-3H3,(H,28,31)(H,29,32). The Morgan fingerprint density at radius 3 is 2.03 bits per heavy atom. The van der Waals surface area contributed by atoms with Crippen molar-refractivity contribution in [2.45, 2.75) is 39.9 Å². The minimum atomic E-state index is -0.188. The molecule has 0 aliphatic carbocycles. The molecule has 0 aliphatic rings. The van der Waals surface area contributed by atoms with Crippen molar-refractivity contribution in [3.05, 3.63) is 95.3 Å². The topological polar surface area (TPSA) is 74.3 Å². The summed E-state index contributed by atoms with van der Waals surface area (Å²) in [6.45, 7) is 8.81. The minimum Gasteiger partial charge on any atom is -0.348 e. The Bertz CT molecular complexity index is 1020. The van der Waals surface area contributed by atoms with Crippen LogP contribution in [0.2, 0.25) is 0 Å². The summed E-state index contributed by atoms with van der Waals surface area (Å²) >= 11 is 0. The van der Waals surface area contributed by atoms with Crippen LogP contribution in [-0.4, -0.2) is 34.3 Å². The maximum absolute atomic E-state index is 12.5. The van der Waals surface area contributed by atoms with Gasteiger partial charge in [-0.3, -0.25) is 19.5 Å². The van der Waals surface area contributed by atoms with Crippen LogP contribution in [0.3, 0.4) is 0 Å². The number of hydrogen-bond acceptors (Lipinski definition) is 4. The van der Waals surface area contributed by atoms with Gasteiger partial charge >= 0.3 is 0 Å². The predicted molar refractivity (Wildman–Crippen MR) is 127 cm³/mol. The zero-order chi connectivity index (χ0) is 22.9. The molecule has 0 bridgehead atoms. The van der Waals surface area contributed by atoms with Crippen molar-refractivity contribution in [3.63, 3.8) is 0 Å². The minimum absolute atomic E-state index is 0.108. The van der Waals surface area contributed by atoms with Gasteiger partial charge in [0.2, 0.25) is 0 Å². The second kappa shape index (κ2) is 11.2. The van der Waals surface area contributed by atoms with Crippen molar-refractivity contribution in [3.8, 4) is 0 Å². The van der Waals surface area contributed by atoms with Gasteiger partial charge in [-0.2, -0.15) is 0 Å². The molecule has 2 aromatic carbocycles. The molecule has 2 N–H and O–H groups in total. The Balaban J connectivity index is 1.51. The number of aromatic nitrogens is 1. The quantitative estimate of drug-likeness (QED) is 0.524. The van der Waals surface area contributed by atoms with Crippen LogP contribution in [0.25, 0.3) is 0 Å². The monoisotopic (exact) mass is 430 g/mol. The van der Waals surface area contributed by atoms with Crippen LogP contribution in [0.15, 0.2) is 73.1 Å². The van der Waals surface area contributed by atoms with Crippen LogP contribution in [0, 0.1) is 0 Å². The summed E-state index contributed by atoms with van der Waals surface area (Å²) < 4.78 is 0. The molecule has 3 rings (SSSR count). The number of benzene rings is 2. The van der Waals surface area contributed by atoms with Gasteiger partial charge in [0.15, 0.2) is 0 Å². The van der Waals surface area contributed by atoms with Crippen molar-refractivity contribution in [1.82, 2.24) is 15.2 Å². The van der Waals surface area contributed by atoms with Gasteiger partial charge in [0.25, 0.3) is 11.8 Å². The molecule has 0 saturated heterocycles. The molecule has 0 unspecified atom stereocenters. The fourth-order valence-electron chi connectivity index (χ4n) is 3.35. The molecule has 0 atom stereocenters. The molecule has 2 amide bonds. The summed E-state index contributed by atoms with van der Waals surface area (Å²) in [5.74, 6) is -0.296. The molecule has 6 heteroatoms. The maximum atomic E-state index is 12.5. The Kier molecular flexibility index (Phi) is 8.11. The first kappa shape index (κ1) is 23.2. The number of pyridine rings is 1. The zero-order valence-corrected chi connectivity index (χ0v) is 18.8. The molecule has 3 aromatic rings. The van der Waals surface area contributed by atoms with Gasteiger partial charge in [-0.15, -0.1) is 0 Å². The average molecular weight is 431 g/mol. The lowest BCUT2D eigenvalue weighted by atomic mass is 10.1. The number of nitrogens with one attached hydrogen (secondary N) is 2. The molecule has 1 aromatic heterocycles. The van der Waals surface area contributed by atoms with Crippen LogP contribution in [-0.2, 0) is 13.1 Å². The lowest BCUT2D eigenvalue weighted by Gasteiger charge is -2.24. The molecule has 166 valence electrons. The van der Waals surface area contributed by atoms with Crippen LogP contribution >= 0.6 is 0 Å². The van der Waals surface area contributed by atoms with Crippen LogP contribution in [0.4, 0.5) is 5.69 Å². The number of anilines is 1. The molecule has 0 radical (unpaired) electrons. The van der Waals surface area contributed by atoms with Gasteiger partial charge < -0.3 is 10.6 Å². The highest BCUT2D eigenvalue weighted by molar-refractivity contribution is 6.04. The van der Waals surface area contributed by atoms with Gasteiger partial charge in [-0.1, -0.05) is 31.2 Å². The highest BCUT2D eigenvalue weighted by Crippen LogP contribution is 2.13. The SMILES string of the molecule is CCN(Cc1ccc(C(=O)NCc2ccc(NC(=O)c3ccncc3)cc2)cc1)C(C)C. The van der Waals surface area contributed by atoms with Crippen molar-refractivity contribution < 1.29 is 9.59 Å². The molecule has 0 saturated carbocycles. The van der Waals surface area contributed by atoms with E-state index in [-0.39, 0.29) is 11.8 Å². The molecule has 0 spiro atoms. The number of rotatable bonds is 9. The second-order valence-corrected chi connectivity index (χ2v) is 7.92. The Morgan fingerprint density at radius 1 is 0.844 bits per heavy atom. The third-order valence-corrected chi connectivity index (χ3v) is 5.35. The van der Waals surface area contributed by atoms with Crippen LogP contribution in [0.1, 0.15) is 52.6 Å². The van der Waals surface area contributed by atoms with Gasteiger partial charge in [-0.25, -0.2) is 0 Å². The van der Waals surface area contributed by atoms with E-state index in [1.165, 1.54) is 5.56 Å². The van der Waals surface area contributed by atoms with E-state index in [0.29, 0.717) is 29.4 Å². The average Bonchev–Trinajstić information content (AvgIpc) is 2.82. The predicted octanol–water partition coefficient (Wildman–Crippen LogP) is 4.49. The third-order valence-electron chi connectivity index (χ3n) is 5.35. The van der Waals surface area contributed by atoms with Gasteiger partial charge in [-0.05, 0) is 67.9 Å². The number of nitrogens with zero attached hydrogens (tertiary/aromatic N) is 2. The second-order valence-electron chi connectivity index (χ2n) is 7.92. The van der Waals surface area contributed by atoms with Crippen molar-refractivity contribution in [1.29, 1.82) is 0 Å². The molecular formula is C26H30N4O2. The van der Waals surface area contributed by atoms with E-state index < -0.39 is 0 Å². The maximum Gasteiger partial charge on any atom is 0.255 e.